The normalized spacial score (nSPS) is 12.6. The van der Waals surface area contributed by atoms with E-state index in [0.29, 0.717) is 28.5 Å². The van der Waals surface area contributed by atoms with Gasteiger partial charge < -0.3 is 24.2 Å². The molecule has 0 fully saturated rings. The summed E-state index contributed by atoms with van der Waals surface area (Å²) >= 11 is 0. The third-order valence-corrected chi connectivity index (χ3v) is 3.75. The van der Waals surface area contributed by atoms with E-state index in [4.69, 9.17) is 14.0 Å². The Morgan fingerprint density at radius 3 is 2.65 bits per heavy atom. The molecule has 0 saturated carbocycles. The highest BCUT2D eigenvalue weighted by Crippen LogP contribution is 2.43. The molecule has 1 aliphatic rings. The molecule has 4 rings (SSSR count). The molecule has 0 amide bonds. The maximum Gasteiger partial charge on any atom is 0.231 e. The Hall–Kier alpha value is -3.15. The minimum Gasteiger partial charge on any atom is -0.508 e. The van der Waals surface area contributed by atoms with Gasteiger partial charge in [-0.25, -0.2) is 0 Å². The number of ether oxygens (including phenoxy) is 2. The molecule has 1 aromatic heterocycles. The number of benzene rings is 2. The quantitative estimate of drug-likeness (QED) is 0.754. The number of hydrogen-bond acceptors (Lipinski definition) is 6. The Bertz CT molecular complexity index is 900. The number of aromatic nitrogens is 1. The van der Waals surface area contributed by atoms with Crippen LogP contribution in [0.4, 0.5) is 0 Å². The van der Waals surface area contributed by atoms with Gasteiger partial charge in [0.25, 0.3) is 0 Å². The molecule has 0 atom stereocenters. The maximum atomic E-state index is 10.1. The van der Waals surface area contributed by atoms with E-state index in [1.165, 1.54) is 12.1 Å². The lowest BCUT2D eigenvalue weighted by Crippen LogP contribution is -1.92. The third kappa shape index (κ3) is 2.15. The van der Waals surface area contributed by atoms with Gasteiger partial charge in [-0.1, -0.05) is 11.2 Å². The number of fused-ring (bicyclic) bond motifs is 1. The van der Waals surface area contributed by atoms with E-state index in [0.717, 1.165) is 11.1 Å². The summed E-state index contributed by atoms with van der Waals surface area (Å²) in [6.45, 7) is 2.03. The minimum absolute atomic E-state index is 0.0212. The van der Waals surface area contributed by atoms with Crippen LogP contribution in [0.3, 0.4) is 0 Å². The summed E-state index contributed by atoms with van der Waals surface area (Å²) in [6.07, 6.45) is 0. The lowest BCUT2D eigenvalue weighted by Gasteiger charge is -2.06. The van der Waals surface area contributed by atoms with Gasteiger partial charge in [0.15, 0.2) is 17.3 Å². The zero-order valence-corrected chi connectivity index (χ0v) is 12.2. The Morgan fingerprint density at radius 2 is 1.83 bits per heavy atom. The zero-order valence-electron chi connectivity index (χ0n) is 12.2. The number of aryl methyl sites for hydroxylation is 1. The number of nitrogens with zero attached hydrogens (tertiary/aromatic N) is 1. The van der Waals surface area contributed by atoms with E-state index in [-0.39, 0.29) is 18.3 Å². The summed E-state index contributed by atoms with van der Waals surface area (Å²) in [6, 6.07) is 9.88. The molecule has 2 heterocycles. The van der Waals surface area contributed by atoms with Crippen LogP contribution in [0.25, 0.3) is 22.5 Å². The predicted octanol–water partition coefficient (Wildman–Crippen LogP) is 3.46. The van der Waals surface area contributed by atoms with Crippen LogP contribution in [0.15, 0.2) is 40.9 Å². The van der Waals surface area contributed by atoms with Crippen LogP contribution in [0.1, 0.15) is 5.69 Å². The molecule has 23 heavy (non-hydrogen) atoms. The number of aromatic hydroxyl groups is 2. The molecule has 0 aliphatic carbocycles. The molecule has 0 bridgehead atoms. The average molecular weight is 311 g/mol. The summed E-state index contributed by atoms with van der Waals surface area (Å²) in [7, 11) is 0. The predicted molar refractivity (Wildman–Crippen MR) is 81.6 cm³/mol. The fraction of sp³-hybridized carbons (Fsp3) is 0.118. The molecule has 6 nitrogen and oxygen atoms in total. The van der Waals surface area contributed by atoms with E-state index < -0.39 is 0 Å². The van der Waals surface area contributed by atoms with Crippen molar-refractivity contribution in [3.05, 3.63) is 42.1 Å². The fourth-order valence-electron chi connectivity index (χ4n) is 2.66. The molecule has 3 aromatic rings. The van der Waals surface area contributed by atoms with E-state index in [1.807, 2.05) is 25.1 Å². The Labute approximate surface area is 131 Å². The van der Waals surface area contributed by atoms with Gasteiger partial charge in [0.05, 0.1) is 16.8 Å². The van der Waals surface area contributed by atoms with Crippen LogP contribution in [-0.4, -0.2) is 22.2 Å². The lowest BCUT2D eigenvalue weighted by molar-refractivity contribution is 0.174. The topological polar surface area (TPSA) is 85.0 Å². The van der Waals surface area contributed by atoms with Crippen molar-refractivity contribution in [2.75, 3.05) is 6.79 Å². The smallest absolute Gasteiger partial charge is 0.231 e. The van der Waals surface area contributed by atoms with Gasteiger partial charge in [-0.2, -0.15) is 0 Å². The van der Waals surface area contributed by atoms with Gasteiger partial charge in [-0.15, -0.1) is 0 Å². The molecule has 116 valence electrons. The second-order valence-electron chi connectivity index (χ2n) is 5.24. The van der Waals surface area contributed by atoms with Gasteiger partial charge in [0.2, 0.25) is 6.79 Å². The monoisotopic (exact) mass is 311 g/mol. The van der Waals surface area contributed by atoms with Gasteiger partial charge in [-0.05, 0) is 36.8 Å². The molecule has 0 unspecified atom stereocenters. The van der Waals surface area contributed by atoms with Crippen LogP contribution < -0.4 is 9.47 Å². The van der Waals surface area contributed by atoms with Crippen molar-refractivity contribution in [1.82, 2.24) is 5.16 Å². The highest BCUT2D eigenvalue weighted by atomic mass is 16.7. The molecule has 2 N–H and O–H groups in total. The molecular formula is C17H13NO5. The van der Waals surface area contributed by atoms with Crippen LogP contribution in [0.5, 0.6) is 23.0 Å². The molecule has 0 radical (unpaired) electrons. The summed E-state index contributed by atoms with van der Waals surface area (Å²) in [5.74, 6) is 1.68. The fourth-order valence-corrected chi connectivity index (χ4v) is 2.66. The maximum absolute atomic E-state index is 10.1. The van der Waals surface area contributed by atoms with Gasteiger partial charge >= 0.3 is 0 Å². The molecular weight excluding hydrogens is 298 g/mol. The first-order valence-corrected chi connectivity index (χ1v) is 7.02. The summed E-state index contributed by atoms with van der Waals surface area (Å²) in [5.41, 5.74) is 2.74. The number of phenols is 2. The first kappa shape index (κ1) is 13.5. The van der Waals surface area contributed by atoms with E-state index in [2.05, 4.69) is 5.16 Å². The molecule has 1 aliphatic heterocycles. The average Bonchev–Trinajstić information content (AvgIpc) is 3.13. The Balaban J connectivity index is 1.88. The Kier molecular flexibility index (Phi) is 2.90. The van der Waals surface area contributed by atoms with E-state index in [9.17, 15) is 10.2 Å². The molecule has 0 saturated heterocycles. The first-order valence-electron chi connectivity index (χ1n) is 7.02. The van der Waals surface area contributed by atoms with Crippen molar-refractivity contribution in [2.24, 2.45) is 0 Å². The minimum atomic E-state index is -0.0804. The van der Waals surface area contributed by atoms with Crippen molar-refractivity contribution < 1.29 is 24.2 Å². The van der Waals surface area contributed by atoms with Crippen molar-refractivity contribution in [3.8, 4) is 45.4 Å². The third-order valence-electron chi connectivity index (χ3n) is 3.75. The lowest BCUT2D eigenvalue weighted by atomic mass is 9.99. The SMILES string of the molecule is Cc1noc(-c2ccc(O)cc2O)c1-c1ccc2c(c1)OCO2. The number of rotatable bonds is 2. The van der Waals surface area contributed by atoms with E-state index in [1.54, 1.807) is 6.07 Å². The van der Waals surface area contributed by atoms with E-state index >= 15 is 0 Å². The second kappa shape index (κ2) is 4.95. The standard InChI is InChI=1S/C17H13NO5/c1-9-16(10-2-5-14-15(6-10)22-8-21-14)17(23-18-9)12-4-3-11(19)7-13(12)20/h2-7,19-20H,8H2,1H3. The largest absolute Gasteiger partial charge is 0.508 e. The molecule has 0 spiro atoms. The van der Waals surface area contributed by atoms with Crippen LogP contribution in [0.2, 0.25) is 0 Å². The van der Waals surface area contributed by atoms with Crippen molar-refractivity contribution in [3.63, 3.8) is 0 Å². The van der Waals surface area contributed by atoms with Crippen molar-refractivity contribution >= 4 is 0 Å². The molecule has 2 aromatic carbocycles. The summed E-state index contributed by atoms with van der Waals surface area (Å²) < 4.78 is 16.1. The highest BCUT2D eigenvalue weighted by molar-refractivity contribution is 5.84. The van der Waals surface area contributed by atoms with Crippen molar-refractivity contribution in [2.45, 2.75) is 6.92 Å². The summed E-state index contributed by atoms with van der Waals surface area (Å²) in [5, 5.41) is 23.5. The molecule has 6 heteroatoms. The van der Waals surface area contributed by atoms with Gasteiger partial charge in [0, 0.05) is 6.07 Å². The van der Waals surface area contributed by atoms with Gasteiger partial charge in [-0.3, -0.25) is 0 Å². The van der Waals surface area contributed by atoms with Crippen LogP contribution in [-0.2, 0) is 0 Å². The zero-order chi connectivity index (χ0) is 16.0. The number of phenolic OH excluding ortho intramolecular Hbond substituents is 2. The second-order valence-corrected chi connectivity index (χ2v) is 5.24. The van der Waals surface area contributed by atoms with Crippen molar-refractivity contribution in [1.29, 1.82) is 0 Å². The first-order chi connectivity index (χ1) is 11.1. The summed E-state index contributed by atoms with van der Waals surface area (Å²) in [4.78, 5) is 0. The van der Waals surface area contributed by atoms with Gasteiger partial charge in [0.1, 0.15) is 11.5 Å². The van der Waals surface area contributed by atoms with Crippen LogP contribution >= 0.6 is 0 Å². The highest BCUT2D eigenvalue weighted by Gasteiger charge is 2.22. The Morgan fingerprint density at radius 1 is 1.00 bits per heavy atom. The van der Waals surface area contributed by atoms with Crippen LogP contribution in [0, 0.1) is 6.92 Å². The number of hydrogen-bond donors (Lipinski definition) is 2.